The summed E-state index contributed by atoms with van der Waals surface area (Å²) in [5.41, 5.74) is 2.90. The van der Waals surface area contributed by atoms with E-state index in [0.717, 1.165) is 5.39 Å². The zero-order chi connectivity index (χ0) is 29.1. The van der Waals surface area contributed by atoms with Crippen LogP contribution in [0.5, 0.6) is 11.5 Å². The van der Waals surface area contributed by atoms with E-state index in [1.54, 1.807) is 25.4 Å². The molecule has 5 heterocycles. The number of benzene rings is 1. The number of fused-ring (bicyclic) bond motifs is 1. The molecule has 1 atom stereocenters. The molecule has 212 valence electrons. The number of sulfonamides is 1. The Morgan fingerprint density at radius 1 is 1.10 bits per heavy atom. The van der Waals surface area contributed by atoms with Crippen molar-refractivity contribution >= 4 is 49.9 Å². The van der Waals surface area contributed by atoms with E-state index in [1.165, 1.54) is 23.0 Å². The quantitative estimate of drug-likeness (QED) is 0.321. The zero-order valence-corrected chi connectivity index (χ0v) is 24.7. The Hall–Kier alpha value is -3.63. The van der Waals surface area contributed by atoms with Gasteiger partial charge in [0.25, 0.3) is 0 Å². The summed E-state index contributed by atoms with van der Waals surface area (Å²) in [7, 11) is -1.64. The van der Waals surface area contributed by atoms with Crippen LogP contribution >= 0.6 is 23.2 Å². The second kappa shape index (κ2) is 10.0. The summed E-state index contributed by atoms with van der Waals surface area (Å²) in [5, 5.41) is 19.0. The summed E-state index contributed by atoms with van der Waals surface area (Å²) in [6.07, 6.45) is 5.42. The maximum absolute atomic E-state index is 11.8. The van der Waals surface area contributed by atoms with Crippen LogP contribution in [0.1, 0.15) is 24.2 Å². The predicted molar refractivity (Wildman–Crippen MR) is 155 cm³/mol. The molecule has 0 unspecified atom stereocenters. The highest BCUT2D eigenvalue weighted by molar-refractivity contribution is 7.88. The number of pyridine rings is 2. The molecule has 6 rings (SSSR count). The van der Waals surface area contributed by atoms with Crippen molar-refractivity contribution in [1.82, 2.24) is 24.5 Å². The van der Waals surface area contributed by atoms with Crippen molar-refractivity contribution in [2.45, 2.75) is 13.0 Å². The number of methoxy groups -OCH3 is 1. The molecule has 4 aromatic rings. The Labute approximate surface area is 246 Å². The average Bonchev–Trinajstić information content (AvgIpc) is 3.28. The van der Waals surface area contributed by atoms with Crippen LogP contribution in [0.2, 0.25) is 10.0 Å². The number of aromatic nitrogens is 4. The van der Waals surface area contributed by atoms with Gasteiger partial charge in [0.2, 0.25) is 10.0 Å². The molecule has 2 aliphatic heterocycles. The lowest BCUT2D eigenvalue weighted by molar-refractivity contribution is 0.0395. The van der Waals surface area contributed by atoms with Gasteiger partial charge in [-0.05, 0) is 19.1 Å². The minimum Gasteiger partial charge on any atom is -0.493 e. The molecule has 3 aromatic heterocycles. The highest BCUT2D eigenvalue weighted by Crippen LogP contribution is 2.44. The largest absolute Gasteiger partial charge is 0.493 e. The van der Waals surface area contributed by atoms with E-state index in [9.17, 15) is 13.7 Å². The SMILES string of the molecule is COc1cc2[nH]nc(-c3cnc(N4CC5(C4)CN(S(C)(=O)=O)C5)c(C#N)c3)c2cc1O[C@H](C)c1c(Cl)cncc1Cl. The summed E-state index contributed by atoms with van der Waals surface area (Å²) in [6.45, 7) is 4.11. The number of nitriles is 1. The molecule has 0 radical (unpaired) electrons. The first kappa shape index (κ1) is 27.5. The second-order valence-corrected chi connectivity index (χ2v) is 13.3. The normalized spacial score (nSPS) is 17.1. The third kappa shape index (κ3) is 4.82. The second-order valence-electron chi connectivity index (χ2n) is 10.5. The van der Waals surface area contributed by atoms with E-state index in [1.807, 2.05) is 17.9 Å². The Morgan fingerprint density at radius 3 is 2.44 bits per heavy atom. The van der Waals surface area contributed by atoms with E-state index in [-0.39, 0.29) is 5.41 Å². The molecule has 0 bridgehead atoms. The van der Waals surface area contributed by atoms with Gasteiger partial charge in [-0.1, -0.05) is 23.2 Å². The molecule has 41 heavy (non-hydrogen) atoms. The number of hydrogen-bond acceptors (Lipinski definition) is 9. The fourth-order valence-electron chi connectivity index (χ4n) is 5.53. The molecule has 1 aromatic carbocycles. The summed E-state index contributed by atoms with van der Waals surface area (Å²) >= 11 is 12.7. The van der Waals surface area contributed by atoms with Crippen molar-refractivity contribution < 1.29 is 17.9 Å². The summed E-state index contributed by atoms with van der Waals surface area (Å²) in [4.78, 5) is 10.6. The highest BCUT2D eigenvalue weighted by Gasteiger charge is 2.54. The molecule has 11 nitrogen and oxygen atoms in total. The first-order valence-corrected chi connectivity index (χ1v) is 15.2. The number of rotatable bonds is 7. The van der Waals surface area contributed by atoms with E-state index in [4.69, 9.17) is 32.7 Å². The van der Waals surface area contributed by atoms with Crippen LogP contribution in [0, 0.1) is 16.7 Å². The molecule has 1 N–H and O–H groups in total. The standard InChI is InChI=1S/C27H25Cl2N7O4S/c1-15(24-19(28)9-31-10-20(24)29)40-23-5-18-21(6-22(23)39-2)33-34-25(18)17-4-16(7-30)26(32-8-17)35-11-27(12-35)13-36(14-27)41(3,37)38/h4-6,8-10,15H,11-14H2,1-3H3,(H,33,34)/t15-/m1/s1. The lowest BCUT2D eigenvalue weighted by Gasteiger charge is -2.59. The van der Waals surface area contributed by atoms with Gasteiger partial charge >= 0.3 is 0 Å². The Balaban J connectivity index is 1.28. The van der Waals surface area contributed by atoms with Gasteiger partial charge in [-0.3, -0.25) is 10.1 Å². The molecule has 14 heteroatoms. The summed E-state index contributed by atoms with van der Waals surface area (Å²) < 4.78 is 36.8. The van der Waals surface area contributed by atoms with Crippen molar-refractivity contribution in [1.29, 1.82) is 5.26 Å². The van der Waals surface area contributed by atoms with Crippen molar-refractivity contribution in [3.63, 3.8) is 0 Å². The van der Waals surface area contributed by atoms with Gasteiger partial charge in [-0.25, -0.2) is 17.7 Å². The first-order valence-electron chi connectivity index (χ1n) is 12.6. The number of nitrogens with zero attached hydrogens (tertiary/aromatic N) is 6. The van der Waals surface area contributed by atoms with Crippen LogP contribution in [0.3, 0.4) is 0 Å². The lowest BCUT2D eigenvalue weighted by atomic mass is 9.74. The zero-order valence-electron chi connectivity index (χ0n) is 22.4. The molecular formula is C27H25Cl2N7O4S. The molecule has 0 aliphatic carbocycles. The van der Waals surface area contributed by atoms with Gasteiger partial charge in [0, 0.05) is 72.8 Å². The lowest BCUT2D eigenvalue weighted by Crippen LogP contribution is -2.73. The number of H-pyrrole nitrogens is 1. The molecule has 2 fully saturated rings. The van der Waals surface area contributed by atoms with Crippen molar-refractivity contribution in [2.24, 2.45) is 5.41 Å². The number of aromatic amines is 1. The topological polar surface area (TPSA) is 137 Å². The number of hydrogen-bond donors (Lipinski definition) is 1. The van der Waals surface area contributed by atoms with Gasteiger partial charge in [-0.2, -0.15) is 10.4 Å². The van der Waals surface area contributed by atoms with E-state index < -0.39 is 16.1 Å². The molecule has 2 aliphatic rings. The Bertz CT molecular complexity index is 1810. The van der Waals surface area contributed by atoms with Crippen LogP contribution < -0.4 is 14.4 Å². The van der Waals surface area contributed by atoms with Crippen LogP contribution in [0.15, 0.2) is 36.8 Å². The van der Waals surface area contributed by atoms with Gasteiger partial charge < -0.3 is 14.4 Å². The molecule has 1 spiro atoms. The maximum Gasteiger partial charge on any atom is 0.211 e. The summed E-state index contributed by atoms with van der Waals surface area (Å²) in [6, 6.07) is 7.61. The van der Waals surface area contributed by atoms with Crippen molar-refractivity contribution in [2.75, 3.05) is 44.4 Å². The minimum absolute atomic E-state index is 0.0775. The summed E-state index contributed by atoms with van der Waals surface area (Å²) in [5.74, 6) is 1.52. The number of ether oxygens (including phenoxy) is 2. The minimum atomic E-state index is -3.18. The fourth-order valence-corrected chi connectivity index (χ4v) is 7.22. The number of nitrogens with one attached hydrogen (secondary N) is 1. The molecular weight excluding hydrogens is 589 g/mol. The van der Waals surface area contributed by atoms with E-state index in [0.29, 0.717) is 81.4 Å². The van der Waals surface area contributed by atoms with Crippen LogP contribution in [-0.4, -0.2) is 72.4 Å². The van der Waals surface area contributed by atoms with Crippen LogP contribution in [0.25, 0.3) is 22.2 Å². The highest BCUT2D eigenvalue weighted by atomic mass is 35.5. The number of halogens is 2. The van der Waals surface area contributed by atoms with Crippen LogP contribution in [-0.2, 0) is 10.0 Å². The Kier molecular flexibility index (Phi) is 6.73. The fraction of sp³-hybridized carbons (Fsp3) is 0.333. The Morgan fingerprint density at radius 2 is 1.80 bits per heavy atom. The maximum atomic E-state index is 11.8. The predicted octanol–water partition coefficient (Wildman–Crippen LogP) is 4.43. The number of anilines is 1. The van der Waals surface area contributed by atoms with E-state index in [2.05, 4.69) is 26.2 Å². The molecule has 0 saturated carbocycles. The molecule has 2 saturated heterocycles. The monoisotopic (exact) mass is 613 g/mol. The van der Waals surface area contributed by atoms with Crippen molar-refractivity contribution in [3.8, 4) is 28.8 Å². The third-order valence-corrected chi connectivity index (χ3v) is 9.35. The van der Waals surface area contributed by atoms with Gasteiger partial charge in [-0.15, -0.1) is 0 Å². The van der Waals surface area contributed by atoms with Gasteiger partial charge in [0.1, 0.15) is 23.7 Å². The third-order valence-electron chi connectivity index (χ3n) is 7.55. The van der Waals surface area contributed by atoms with Crippen molar-refractivity contribution in [3.05, 3.63) is 58.0 Å². The molecule has 0 amide bonds. The van der Waals surface area contributed by atoms with E-state index >= 15 is 0 Å². The average molecular weight is 615 g/mol. The van der Waals surface area contributed by atoms with Gasteiger partial charge in [0.05, 0.1) is 34.5 Å². The first-order chi connectivity index (χ1) is 19.5. The van der Waals surface area contributed by atoms with Crippen LogP contribution in [0.4, 0.5) is 5.82 Å². The smallest absolute Gasteiger partial charge is 0.211 e. The van der Waals surface area contributed by atoms with Gasteiger partial charge in [0.15, 0.2) is 11.5 Å².